The zero-order chi connectivity index (χ0) is 14.8. The molecule has 1 saturated heterocycles. The summed E-state index contributed by atoms with van der Waals surface area (Å²) in [5.41, 5.74) is 2.04. The molecule has 2 aliphatic rings. The molecule has 1 amide bonds. The number of carbonyl (C=O) groups is 2. The van der Waals surface area contributed by atoms with E-state index in [1.54, 1.807) is 0 Å². The Kier molecular flexibility index (Phi) is 3.92. The maximum absolute atomic E-state index is 12.5. The van der Waals surface area contributed by atoms with Crippen LogP contribution >= 0.6 is 0 Å². The summed E-state index contributed by atoms with van der Waals surface area (Å²) in [4.78, 5) is 25.7. The SMILES string of the molecule is O=C(O)[C@H]1CCCN([C@H]2CCc3ccccc3NC2=O)C1. The van der Waals surface area contributed by atoms with Crippen molar-refractivity contribution >= 4 is 17.6 Å². The van der Waals surface area contributed by atoms with Gasteiger partial charge in [-0.1, -0.05) is 18.2 Å². The van der Waals surface area contributed by atoms with E-state index in [1.807, 2.05) is 29.2 Å². The van der Waals surface area contributed by atoms with Crippen LogP contribution in [0, 0.1) is 5.92 Å². The smallest absolute Gasteiger partial charge is 0.307 e. The van der Waals surface area contributed by atoms with Gasteiger partial charge >= 0.3 is 5.97 Å². The summed E-state index contributed by atoms with van der Waals surface area (Å²) >= 11 is 0. The van der Waals surface area contributed by atoms with E-state index < -0.39 is 5.97 Å². The number of anilines is 1. The van der Waals surface area contributed by atoms with Crippen LogP contribution in [0.3, 0.4) is 0 Å². The number of amides is 1. The lowest BCUT2D eigenvalue weighted by atomic mass is 9.95. The molecular weight excluding hydrogens is 268 g/mol. The number of carboxylic acid groups (broad SMARTS) is 1. The van der Waals surface area contributed by atoms with Gasteiger partial charge in [-0.25, -0.2) is 0 Å². The van der Waals surface area contributed by atoms with Crippen LogP contribution in [-0.4, -0.2) is 41.0 Å². The van der Waals surface area contributed by atoms with Crippen molar-refractivity contribution in [1.29, 1.82) is 0 Å². The molecule has 0 aliphatic carbocycles. The highest BCUT2D eigenvalue weighted by molar-refractivity contribution is 5.96. The lowest BCUT2D eigenvalue weighted by Gasteiger charge is -2.35. The predicted octanol–water partition coefficient (Wildman–Crippen LogP) is 1.74. The van der Waals surface area contributed by atoms with Crippen LogP contribution in [-0.2, 0) is 16.0 Å². The number of aliphatic carboxylic acids is 1. The molecule has 0 spiro atoms. The number of carbonyl (C=O) groups excluding carboxylic acids is 1. The number of aryl methyl sites for hydroxylation is 1. The Morgan fingerprint density at radius 3 is 2.90 bits per heavy atom. The standard InChI is InChI=1S/C16H20N2O3/c19-15-14(18-9-3-5-12(10-18)16(20)21)8-7-11-4-1-2-6-13(11)17-15/h1-2,4,6,12,14H,3,5,7-10H2,(H,17,19)(H,20,21)/t12-,14-/m0/s1. The second-order valence-corrected chi connectivity index (χ2v) is 5.87. The van der Waals surface area contributed by atoms with Crippen molar-refractivity contribution in [2.45, 2.75) is 31.7 Å². The van der Waals surface area contributed by atoms with Gasteiger partial charge in [0.25, 0.3) is 0 Å². The topological polar surface area (TPSA) is 69.6 Å². The Morgan fingerprint density at radius 2 is 2.10 bits per heavy atom. The minimum absolute atomic E-state index is 0.00834. The van der Waals surface area contributed by atoms with Gasteiger partial charge < -0.3 is 10.4 Å². The van der Waals surface area contributed by atoms with Gasteiger partial charge in [0.05, 0.1) is 12.0 Å². The van der Waals surface area contributed by atoms with Gasteiger partial charge in [-0.15, -0.1) is 0 Å². The van der Waals surface area contributed by atoms with Crippen LogP contribution in [0.25, 0.3) is 0 Å². The van der Waals surface area contributed by atoms with Crippen LogP contribution < -0.4 is 5.32 Å². The van der Waals surface area contributed by atoms with Crippen molar-refractivity contribution < 1.29 is 14.7 Å². The molecule has 1 aromatic rings. The first-order valence-corrected chi connectivity index (χ1v) is 7.51. The monoisotopic (exact) mass is 288 g/mol. The average molecular weight is 288 g/mol. The summed E-state index contributed by atoms with van der Waals surface area (Å²) in [6.45, 7) is 1.28. The number of benzene rings is 1. The van der Waals surface area contributed by atoms with Gasteiger partial charge in [0.1, 0.15) is 0 Å². The Bertz CT molecular complexity index is 558. The molecule has 0 radical (unpaired) electrons. The molecule has 0 bridgehead atoms. The second kappa shape index (κ2) is 5.85. The van der Waals surface area contributed by atoms with Crippen molar-refractivity contribution in [1.82, 2.24) is 4.90 Å². The van der Waals surface area contributed by atoms with Gasteiger partial charge in [0, 0.05) is 12.2 Å². The quantitative estimate of drug-likeness (QED) is 0.869. The third-order valence-corrected chi connectivity index (χ3v) is 4.51. The summed E-state index contributed by atoms with van der Waals surface area (Å²) in [6.07, 6.45) is 3.14. The highest BCUT2D eigenvalue weighted by Crippen LogP contribution is 2.26. The summed E-state index contributed by atoms with van der Waals surface area (Å²) in [6, 6.07) is 7.63. The van der Waals surface area contributed by atoms with Gasteiger partial charge in [0.2, 0.25) is 5.91 Å². The van der Waals surface area contributed by atoms with Gasteiger partial charge in [-0.05, 0) is 43.9 Å². The van der Waals surface area contributed by atoms with Gasteiger partial charge in [0.15, 0.2) is 0 Å². The predicted molar refractivity (Wildman–Crippen MR) is 79.1 cm³/mol. The number of fused-ring (bicyclic) bond motifs is 1. The number of nitrogens with zero attached hydrogens (tertiary/aromatic N) is 1. The highest BCUT2D eigenvalue weighted by Gasteiger charge is 2.34. The lowest BCUT2D eigenvalue weighted by molar-refractivity contribution is -0.144. The summed E-state index contributed by atoms with van der Waals surface area (Å²) < 4.78 is 0. The number of hydrogen-bond acceptors (Lipinski definition) is 3. The number of hydrogen-bond donors (Lipinski definition) is 2. The first-order valence-electron chi connectivity index (χ1n) is 7.51. The molecular formula is C16H20N2O3. The van der Waals surface area contributed by atoms with Crippen LogP contribution in [0.1, 0.15) is 24.8 Å². The summed E-state index contributed by atoms with van der Waals surface area (Å²) in [5.74, 6) is -1.11. The summed E-state index contributed by atoms with van der Waals surface area (Å²) in [7, 11) is 0. The minimum atomic E-state index is -0.753. The largest absolute Gasteiger partial charge is 0.481 e. The first kappa shape index (κ1) is 14.1. The number of nitrogens with one attached hydrogen (secondary N) is 1. The lowest BCUT2D eigenvalue weighted by Crippen LogP contribution is -2.49. The van der Waals surface area contributed by atoms with Crippen LogP contribution in [0.4, 0.5) is 5.69 Å². The summed E-state index contributed by atoms with van der Waals surface area (Å²) in [5, 5.41) is 12.2. The molecule has 112 valence electrons. The minimum Gasteiger partial charge on any atom is -0.481 e. The molecule has 2 atom stereocenters. The van der Waals surface area contributed by atoms with E-state index in [1.165, 1.54) is 0 Å². The van der Waals surface area contributed by atoms with Gasteiger partial charge in [-0.3, -0.25) is 14.5 Å². The number of likely N-dealkylation sites (tertiary alicyclic amines) is 1. The number of piperidine rings is 1. The number of rotatable bonds is 2. The van der Waals surface area contributed by atoms with E-state index in [2.05, 4.69) is 5.32 Å². The fourth-order valence-corrected chi connectivity index (χ4v) is 3.34. The van der Waals surface area contributed by atoms with Crippen LogP contribution in [0.2, 0.25) is 0 Å². The molecule has 2 aliphatic heterocycles. The normalized spacial score (nSPS) is 26.6. The highest BCUT2D eigenvalue weighted by atomic mass is 16.4. The van der Waals surface area contributed by atoms with Crippen molar-refractivity contribution in [3.05, 3.63) is 29.8 Å². The molecule has 5 heteroatoms. The van der Waals surface area contributed by atoms with E-state index in [9.17, 15) is 14.7 Å². The van der Waals surface area contributed by atoms with Crippen LogP contribution in [0.5, 0.6) is 0 Å². The van der Waals surface area contributed by atoms with E-state index in [0.717, 1.165) is 37.1 Å². The molecule has 1 fully saturated rings. The third kappa shape index (κ3) is 2.93. The molecule has 21 heavy (non-hydrogen) atoms. The van der Waals surface area contributed by atoms with Gasteiger partial charge in [-0.2, -0.15) is 0 Å². The second-order valence-electron chi connectivity index (χ2n) is 5.87. The number of carboxylic acids is 1. The van der Waals surface area contributed by atoms with Crippen molar-refractivity contribution in [2.24, 2.45) is 5.92 Å². The Balaban J connectivity index is 1.75. The molecule has 3 rings (SSSR count). The first-order chi connectivity index (χ1) is 10.1. The Hall–Kier alpha value is -1.88. The molecule has 1 aromatic carbocycles. The Labute approximate surface area is 123 Å². The fraction of sp³-hybridized carbons (Fsp3) is 0.500. The van der Waals surface area contributed by atoms with E-state index in [0.29, 0.717) is 13.0 Å². The van der Waals surface area contributed by atoms with Crippen LogP contribution in [0.15, 0.2) is 24.3 Å². The van der Waals surface area contributed by atoms with E-state index >= 15 is 0 Å². The fourth-order valence-electron chi connectivity index (χ4n) is 3.34. The molecule has 0 unspecified atom stereocenters. The van der Waals surface area contributed by atoms with E-state index in [4.69, 9.17) is 0 Å². The Morgan fingerprint density at radius 1 is 1.29 bits per heavy atom. The molecule has 2 heterocycles. The zero-order valence-electron chi connectivity index (χ0n) is 11.9. The average Bonchev–Trinajstić information content (AvgIpc) is 2.65. The van der Waals surface area contributed by atoms with Crippen molar-refractivity contribution in [3.63, 3.8) is 0 Å². The molecule has 5 nitrogen and oxygen atoms in total. The van der Waals surface area contributed by atoms with Crippen molar-refractivity contribution in [2.75, 3.05) is 18.4 Å². The maximum atomic E-state index is 12.5. The van der Waals surface area contributed by atoms with Crippen molar-refractivity contribution in [3.8, 4) is 0 Å². The molecule has 0 aromatic heterocycles. The molecule has 2 N–H and O–H groups in total. The zero-order valence-corrected chi connectivity index (χ0v) is 11.9. The molecule has 0 saturated carbocycles. The maximum Gasteiger partial charge on any atom is 0.307 e. The van der Waals surface area contributed by atoms with E-state index in [-0.39, 0.29) is 17.9 Å². The third-order valence-electron chi connectivity index (χ3n) is 4.51. The number of para-hydroxylation sites is 1.